The van der Waals surface area contributed by atoms with Crippen LogP contribution in [0, 0.1) is 0 Å². The lowest BCUT2D eigenvalue weighted by atomic mass is 10.3. The maximum atomic E-state index is 5.67. The third-order valence-corrected chi connectivity index (χ3v) is 2.66. The Balaban J connectivity index is 2.63. The van der Waals surface area contributed by atoms with Gasteiger partial charge in [-0.05, 0) is 22.0 Å². The largest absolute Gasteiger partial charge is 0.263 e. The summed E-state index contributed by atoms with van der Waals surface area (Å²) in [6, 6.07) is 8.08. The van der Waals surface area contributed by atoms with Crippen molar-refractivity contribution in [2.45, 2.75) is 6.54 Å². The predicted molar refractivity (Wildman–Crippen MR) is 58.2 cm³/mol. The van der Waals surface area contributed by atoms with E-state index in [1.807, 2.05) is 28.9 Å². The number of fused-ring (bicyclic) bond motifs is 1. The molecule has 1 aromatic carbocycles. The Morgan fingerprint density at radius 3 is 2.92 bits per heavy atom. The van der Waals surface area contributed by atoms with Crippen LogP contribution < -0.4 is 0 Å². The summed E-state index contributed by atoms with van der Waals surface area (Å²) in [5.74, 6) is 0.581. The second kappa shape index (κ2) is 3.68. The normalized spacial score (nSPS) is 10.9. The first-order chi connectivity index (χ1) is 6.33. The van der Waals surface area contributed by atoms with Crippen LogP contribution in [0.1, 0.15) is 0 Å². The smallest absolute Gasteiger partial charge is 0.135 e. The molecule has 0 aliphatic rings. The van der Waals surface area contributed by atoms with Gasteiger partial charge < -0.3 is 0 Å². The Morgan fingerprint density at radius 2 is 2.15 bits per heavy atom. The molecule has 0 fully saturated rings. The Hall–Kier alpha value is -0.540. The highest BCUT2D eigenvalue weighted by Crippen LogP contribution is 2.22. The fraction of sp³-hybridized carbons (Fsp3) is 0.222. The van der Waals surface area contributed by atoms with Crippen molar-refractivity contribution in [3.05, 3.63) is 28.9 Å². The molecule has 2 nitrogen and oxygen atoms in total. The number of halogens is 2. The van der Waals surface area contributed by atoms with Gasteiger partial charge in [-0.15, -0.1) is 11.6 Å². The van der Waals surface area contributed by atoms with Gasteiger partial charge in [-0.25, -0.2) is 0 Å². The van der Waals surface area contributed by atoms with Crippen molar-refractivity contribution in [3.8, 4) is 0 Å². The van der Waals surface area contributed by atoms with Gasteiger partial charge in [0.15, 0.2) is 0 Å². The summed E-state index contributed by atoms with van der Waals surface area (Å²) in [5, 5.41) is 5.46. The van der Waals surface area contributed by atoms with E-state index >= 15 is 0 Å². The topological polar surface area (TPSA) is 17.8 Å². The van der Waals surface area contributed by atoms with Crippen molar-refractivity contribution in [3.63, 3.8) is 0 Å². The van der Waals surface area contributed by atoms with E-state index in [2.05, 4.69) is 21.0 Å². The zero-order chi connectivity index (χ0) is 9.26. The van der Waals surface area contributed by atoms with Gasteiger partial charge in [-0.3, -0.25) is 4.68 Å². The van der Waals surface area contributed by atoms with Gasteiger partial charge in [0.25, 0.3) is 0 Å². The molecular formula is C9H8BrClN2. The molecule has 0 N–H and O–H groups in total. The number of nitrogens with zero attached hydrogens (tertiary/aromatic N) is 2. The number of rotatable bonds is 2. The molecule has 4 heteroatoms. The fourth-order valence-electron chi connectivity index (χ4n) is 1.34. The SMILES string of the molecule is ClCCn1nc(Br)c2ccccc21. The summed E-state index contributed by atoms with van der Waals surface area (Å²) in [6.07, 6.45) is 0. The molecule has 0 bridgehead atoms. The molecule has 0 radical (unpaired) electrons. The standard InChI is InChI=1S/C9H8BrClN2/c10-9-7-3-1-2-4-8(7)13(12-9)6-5-11/h1-4H,5-6H2. The van der Waals surface area contributed by atoms with Crippen LogP contribution in [0.25, 0.3) is 10.9 Å². The molecule has 0 saturated heterocycles. The van der Waals surface area contributed by atoms with Crippen LogP contribution >= 0.6 is 27.5 Å². The van der Waals surface area contributed by atoms with E-state index in [4.69, 9.17) is 11.6 Å². The third kappa shape index (κ3) is 1.58. The monoisotopic (exact) mass is 258 g/mol. The summed E-state index contributed by atoms with van der Waals surface area (Å²) in [4.78, 5) is 0. The van der Waals surface area contributed by atoms with Crippen LogP contribution in [0.3, 0.4) is 0 Å². The molecule has 0 atom stereocenters. The fourth-order valence-corrected chi connectivity index (χ4v) is 2.02. The van der Waals surface area contributed by atoms with Crippen molar-refractivity contribution in [2.75, 3.05) is 5.88 Å². The zero-order valence-electron chi connectivity index (χ0n) is 6.87. The maximum Gasteiger partial charge on any atom is 0.135 e. The molecule has 0 aliphatic carbocycles. The van der Waals surface area contributed by atoms with Crippen LogP contribution in [0.15, 0.2) is 28.9 Å². The van der Waals surface area contributed by atoms with Gasteiger partial charge in [0.1, 0.15) is 4.60 Å². The van der Waals surface area contributed by atoms with Gasteiger partial charge in [-0.1, -0.05) is 18.2 Å². The van der Waals surface area contributed by atoms with Crippen LogP contribution in [-0.4, -0.2) is 15.7 Å². The van der Waals surface area contributed by atoms with Crippen molar-refractivity contribution < 1.29 is 0 Å². The number of hydrogen-bond acceptors (Lipinski definition) is 1. The summed E-state index contributed by atoms with van der Waals surface area (Å²) >= 11 is 9.08. The zero-order valence-corrected chi connectivity index (χ0v) is 9.22. The molecule has 0 amide bonds. The van der Waals surface area contributed by atoms with E-state index < -0.39 is 0 Å². The Kier molecular flexibility index (Phi) is 2.56. The minimum Gasteiger partial charge on any atom is -0.263 e. The highest BCUT2D eigenvalue weighted by Gasteiger charge is 2.05. The van der Waals surface area contributed by atoms with Crippen molar-refractivity contribution in [1.82, 2.24) is 9.78 Å². The molecule has 0 spiro atoms. The average molecular weight is 260 g/mol. The van der Waals surface area contributed by atoms with Gasteiger partial charge in [0, 0.05) is 11.3 Å². The minimum atomic E-state index is 0.581. The van der Waals surface area contributed by atoms with Crippen LogP contribution in [0.5, 0.6) is 0 Å². The minimum absolute atomic E-state index is 0.581. The van der Waals surface area contributed by atoms with Crippen molar-refractivity contribution >= 4 is 38.4 Å². The van der Waals surface area contributed by atoms with Crippen LogP contribution in [0.4, 0.5) is 0 Å². The van der Waals surface area contributed by atoms with Gasteiger partial charge in [0.2, 0.25) is 0 Å². The first-order valence-corrected chi connectivity index (χ1v) is 5.32. The molecule has 2 aromatic rings. The van der Waals surface area contributed by atoms with E-state index in [0.717, 1.165) is 22.1 Å². The summed E-state index contributed by atoms with van der Waals surface area (Å²) in [6.45, 7) is 0.744. The molecule has 68 valence electrons. The molecular weight excluding hydrogens is 251 g/mol. The highest BCUT2D eigenvalue weighted by molar-refractivity contribution is 9.10. The van der Waals surface area contributed by atoms with Crippen molar-refractivity contribution in [2.24, 2.45) is 0 Å². The Labute approximate surface area is 89.6 Å². The molecule has 0 aliphatic heterocycles. The van der Waals surface area contributed by atoms with E-state index in [0.29, 0.717) is 5.88 Å². The summed E-state index contributed by atoms with van der Waals surface area (Å²) < 4.78 is 2.79. The average Bonchev–Trinajstić information content (AvgIpc) is 2.46. The molecule has 1 aromatic heterocycles. The summed E-state index contributed by atoms with van der Waals surface area (Å²) in [7, 11) is 0. The number of hydrogen-bond donors (Lipinski definition) is 0. The first kappa shape index (κ1) is 9.03. The van der Waals surface area contributed by atoms with Gasteiger partial charge >= 0.3 is 0 Å². The molecule has 1 heterocycles. The molecule has 2 rings (SSSR count). The molecule has 0 unspecified atom stereocenters. The van der Waals surface area contributed by atoms with E-state index in [-0.39, 0.29) is 0 Å². The van der Waals surface area contributed by atoms with E-state index in [1.54, 1.807) is 0 Å². The first-order valence-electron chi connectivity index (χ1n) is 4.00. The van der Waals surface area contributed by atoms with Crippen molar-refractivity contribution in [1.29, 1.82) is 0 Å². The highest BCUT2D eigenvalue weighted by atomic mass is 79.9. The molecule has 0 saturated carbocycles. The van der Waals surface area contributed by atoms with Crippen LogP contribution in [0.2, 0.25) is 0 Å². The second-order valence-electron chi connectivity index (χ2n) is 2.72. The lowest BCUT2D eigenvalue weighted by Crippen LogP contribution is -2.00. The van der Waals surface area contributed by atoms with Gasteiger partial charge in [0.05, 0.1) is 12.1 Å². The number of aromatic nitrogens is 2. The molecule has 13 heavy (non-hydrogen) atoms. The Morgan fingerprint density at radius 1 is 1.38 bits per heavy atom. The quantitative estimate of drug-likeness (QED) is 0.758. The predicted octanol–water partition coefficient (Wildman–Crippen LogP) is 3.04. The number of aryl methyl sites for hydroxylation is 1. The second-order valence-corrected chi connectivity index (χ2v) is 3.85. The van der Waals surface area contributed by atoms with E-state index in [1.165, 1.54) is 0 Å². The number of alkyl halides is 1. The maximum absolute atomic E-state index is 5.67. The number of benzene rings is 1. The lowest BCUT2D eigenvalue weighted by Gasteiger charge is -1.97. The van der Waals surface area contributed by atoms with Gasteiger partial charge in [-0.2, -0.15) is 5.10 Å². The van der Waals surface area contributed by atoms with Crippen LogP contribution in [-0.2, 0) is 6.54 Å². The summed E-state index contributed by atoms with van der Waals surface area (Å²) in [5.41, 5.74) is 1.12. The number of para-hydroxylation sites is 1. The lowest BCUT2D eigenvalue weighted by molar-refractivity contribution is 0.683. The Bertz CT molecular complexity index is 424. The third-order valence-electron chi connectivity index (χ3n) is 1.91. The van der Waals surface area contributed by atoms with E-state index in [9.17, 15) is 0 Å².